The number of nitriles is 1. The fourth-order valence-electron chi connectivity index (χ4n) is 13.8. The second kappa shape index (κ2) is 43.4. The van der Waals surface area contributed by atoms with Gasteiger partial charge in [-0.2, -0.15) is 5.26 Å². The van der Waals surface area contributed by atoms with Crippen LogP contribution >= 0.6 is 62.3 Å². The third-order valence-electron chi connectivity index (χ3n) is 19.6. The number of halogens is 5. The summed E-state index contributed by atoms with van der Waals surface area (Å²) in [6, 6.07) is 39.5. The van der Waals surface area contributed by atoms with Gasteiger partial charge in [-0.15, -0.1) is 0 Å². The maximum atomic E-state index is 12.7. The molecule has 0 aliphatic carbocycles. The van der Waals surface area contributed by atoms with Crippen LogP contribution in [-0.2, 0) is 63.3 Å². The molecular weight excluding hydrogens is 1680 g/mol. The predicted molar refractivity (Wildman–Crippen MR) is 449 cm³/mol. The molecule has 5 amide bonds. The number of fused-ring (bicyclic) bond motifs is 3. The first-order valence-corrected chi connectivity index (χ1v) is 40.7. The zero-order chi connectivity index (χ0) is 84.3. The zero-order valence-corrected chi connectivity index (χ0v) is 69.9. The van der Waals surface area contributed by atoms with E-state index >= 15 is 0 Å². The molecule has 0 spiro atoms. The van der Waals surface area contributed by atoms with Crippen LogP contribution in [0, 0.1) is 25.2 Å². The number of amides is 5. The Labute approximate surface area is 719 Å². The summed E-state index contributed by atoms with van der Waals surface area (Å²) in [7, 11) is 0. The molecule has 0 unspecified atom stereocenters. The lowest BCUT2D eigenvalue weighted by molar-refractivity contribution is -0.125. The summed E-state index contributed by atoms with van der Waals surface area (Å²) in [6.07, 6.45) is 28.6. The van der Waals surface area contributed by atoms with Crippen molar-refractivity contribution in [3.63, 3.8) is 0 Å². The summed E-state index contributed by atoms with van der Waals surface area (Å²) in [4.78, 5) is 119. The molecule has 31 nitrogen and oxygen atoms in total. The number of carbonyl (C=O) groups excluding carboxylic acids is 5. The van der Waals surface area contributed by atoms with Gasteiger partial charge in [-0.25, -0.2) is 59.0 Å². The van der Waals surface area contributed by atoms with E-state index in [0.717, 1.165) is 117 Å². The molecule has 0 radical (unpaired) electrons. The SMILES string of the molecule is Cc1nccn2c([C@@H]3CCCN3C(=O)OCc3ccccc3)nc(Br)c12.Cc1nccn2c([C@@H]3CCCN3C(=O)OCc3ccccc3)ncc12.N#Cc1nccnc1Cl.NCc1nccnc1Cl.O=C(NCc1nccnc1Cl)[C@@H]1CCCN1C(=O)OCc1ccccc1.O=C(OCc1ccccc1)N1CCC[C@H]1c1ncc2c(Cl)nccn12. The van der Waals surface area contributed by atoms with Gasteiger partial charge in [0, 0.05) is 107 Å². The Bertz CT molecular complexity index is 5490. The largest absolute Gasteiger partial charge is 0.445 e. The number of ether oxygens (including phenoxy) is 4. The maximum absolute atomic E-state index is 12.7. The van der Waals surface area contributed by atoms with Crippen LogP contribution in [0.1, 0.15) is 138 Å². The first-order chi connectivity index (χ1) is 58.5. The Morgan fingerprint density at radius 1 is 0.450 bits per heavy atom. The molecule has 4 aliphatic rings. The molecule has 618 valence electrons. The highest BCUT2D eigenvalue weighted by molar-refractivity contribution is 9.10. The molecule has 36 heteroatoms. The Hall–Kier alpha value is -12.4. The monoisotopic (exact) mass is 1760 g/mol. The van der Waals surface area contributed by atoms with E-state index in [2.05, 4.69) is 81.1 Å². The van der Waals surface area contributed by atoms with E-state index in [9.17, 15) is 24.0 Å². The lowest BCUT2D eigenvalue weighted by Gasteiger charge is -2.23. The molecule has 13 heterocycles. The number of hydrogen-bond donors (Lipinski definition) is 2. The highest BCUT2D eigenvalue weighted by atomic mass is 79.9. The lowest BCUT2D eigenvalue weighted by Crippen LogP contribution is -2.46. The van der Waals surface area contributed by atoms with Crippen LogP contribution < -0.4 is 11.1 Å². The van der Waals surface area contributed by atoms with Crippen molar-refractivity contribution in [3.8, 4) is 6.07 Å². The van der Waals surface area contributed by atoms with Crippen molar-refractivity contribution in [1.29, 1.82) is 5.26 Å². The van der Waals surface area contributed by atoms with E-state index in [4.69, 9.17) is 76.3 Å². The molecule has 17 rings (SSSR count). The Morgan fingerprint density at radius 3 is 1.28 bits per heavy atom. The van der Waals surface area contributed by atoms with Crippen LogP contribution in [0.2, 0.25) is 20.6 Å². The van der Waals surface area contributed by atoms with Crippen molar-refractivity contribution in [2.45, 2.75) is 129 Å². The molecular formula is C84H83BrCl4N22O9. The van der Waals surface area contributed by atoms with E-state index < -0.39 is 12.1 Å². The standard InChI is InChI=1S/C19H19BrN4O2.C19H20N4O2.C18H19ClN4O3.C18H17ClN4O2.C5H6ClN3.C5H2ClN3/c1-13-16-17(20)22-18(24(16)11-9-21-13)15-8-5-10-23(15)19(25)26-12-14-6-3-2-4-7-14;1-14-17-12-21-18(22(17)11-9-20-14)16-8-5-10-23(16)19(24)25-13-15-6-3-2-4-7-15;19-16-14(20-8-9-21-16)11-22-17(24)15-7-4-10-23(15)18(25)26-12-13-5-2-1-3-6-13;19-16-15-11-21-17(22(15)10-8-20-16)14-7-4-9-23(14)18(24)25-12-13-5-2-1-3-6-13;2*6-5-4(3-7)8-1-2-9-5/h2-4,6-7,9,11,15H,5,8,10,12H2,1H3;2-4,6-7,9,11-12,16H,5,8,10,13H2,1H3;1-3,5-6,8-9,15H,4,7,10-12H2,(H,22,24);1-3,5-6,8,10-11,14H,4,7,9,12H2;1-2H,3,7H2;1-2H/t15-;16-;15-;14-;;/m0000../s1. The van der Waals surface area contributed by atoms with Gasteiger partial charge in [-0.05, 0) is 103 Å². The molecule has 0 saturated carbocycles. The molecule has 3 N–H and O–H groups in total. The molecule has 4 saturated heterocycles. The van der Waals surface area contributed by atoms with Crippen molar-refractivity contribution in [2.75, 3.05) is 26.2 Å². The number of nitrogens with zero attached hydrogens (tertiary/aromatic N) is 20. The molecule has 120 heavy (non-hydrogen) atoms. The van der Waals surface area contributed by atoms with Crippen LogP contribution in [0.4, 0.5) is 19.2 Å². The molecule has 0 bridgehead atoms. The first-order valence-electron chi connectivity index (χ1n) is 38.4. The molecule has 4 aliphatic heterocycles. The maximum Gasteiger partial charge on any atom is 0.410 e. The summed E-state index contributed by atoms with van der Waals surface area (Å²) in [5.41, 5.74) is 14.9. The third kappa shape index (κ3) is 22.7. The van der Waals surface area contributed by atoms with Crippen LogP contribution in [0.25, 0.3) is 16.6 Å². The number of benzene rings is 4. The lowest BCUT2D eigenvalue weighted by atomic mass is 10.2. The number of likely N-dealkylation sites (tertiary alicyclic amines) is 4. The first kappa shape index (κ1) is 86.9. The summed E-state index contributed by atoms with van der Waals surface area (Å²) in [5, 5.41) is 12.2. The van der Waals surface area contributed by atoms with Gasteiger partial charge in [0.1, 0.15) is 71.6 Å². The molecule has 4 atom stereocenters. The second-order valence-corrected chi connectivity index (χ2v) is 29.5. The average Bonchev–Trinajstić information content (AvgIpc) is 1.93. The number of imidazole rings is 3. The van der Waals surface area contributed by atoms with E-state index in [1.165, 1.54) is 35.9 Å². The van der Waals surface area contributed by atoms with Gasteiger partial charge < -0.3 is 30.0 Å². The van der Waals surface area contributed by atoms with Crippen LogP contribution in [-0.4, -0.2) is 155 Å². The number of nitrogens with one attached hydrogen (secondary N) is 1. The van der Waals surface area contributed by atoms with E-state index in [1.54, 1.807) is 51.8 Å². The summed E-state index contributed by atoms with van der Waals surface area (Å²) in [5.74, 6) is 2.25. The van der Waals surface area contributed by atoms with Gasteiger partial charge in [0.2, 0.25) is 5.91 Å². The summed E-state index contributed by atoms with van der Waals surface area (Å²) in [6.45, 7) is 7.94. The Balaban J connectivity index is 0.000000137. The minimum Gasteiger partial charge on any atom is -0.445 e. The van der Waals surface area contributed by atoms with Crippen molar-refractivity contribution in [3.05, 3.63) is 301 Å². The third-order valence-corrected chi connectivity index (χ3v) is 21.4. The van der Waals surface area contributed by atoms with Gasteiger partial charge in [0.05, 0.1) is 65.4 Å². The van der Waals surface area contributed by atoms with Gasteiger partial charge >= 0.3 is 24.4 Å². The van der Waals surface area contributed by atoms with Crippen molar-refractivity contribution < 1.29 is 42.9 Å². The smallest absolute Gasteiger partial charge is 0.410 e. The molecule has 4 fully saturated rings. The minimum atomic E-state index is -0.547. The zero-order valence-electron chi connectivity index (χ0n) is 65.3. The van der Waals surface area contributed by atoms with E-state index in [0.29, 0.717) is 60.8 Å². The second-order valence-electron chi connectivity index (χ2n) is 27.3. The summed E-state index contributed by atoms with van der Waals surface area (Å²) < 4.78 is 28.6. The van der Waals surface area contributed by atoms with Gasteiger partial charge in [0.15, 0.2) is 26.3 Å². The topological polar surface area (TPSA) is 365 Å². The number of carbonyl (C=O) groups is 5. The van der Waals surface area contributed by atoms with Gasteiger partial charge in [-0.3, -0.25) is 57.5 Å². The van der Waals surface area contributed by atoms with Crippen LogP contribution in [0.15, 0.2) is 213 Å². The molecule has 9 aromatic heterocycles. The normalized spacial score (nSPS) is 15.7. The number of hydrogen-bond acceptors (Lipinski definition) is 23. The highest BCUT2D eigenvalue weighted by Gasteiger charge is 2.39. The van der Waals surface area contributed by atoms with Crippen molar-refractivity contribution in [2.24, 2.45) is 5.73 Å². The van der Waals surface area contributed by atoms with Crippen LogP contribution in [0.5, 0.6) is 0 Å². The summed E-state index contributed by atoms with van der Waals surface area (Å²) >= 11 is 26.6. The predicted octanol–water partition coefficient (Wildman–Crippen LogP) is 15.8. The minimum absolute atomic E-state index is 0.0624. The Kier molecular flexibility index (Phi) is 31.4. The number of nitrogens with two attached hydrogens (primary N) is 1. The molecule has 4 aromatic carbocycles. The number of aryl methyl sites for hydroxylation is 2. The average molecular weight is 1770 g/mol. The number of aromatic nitrogens is 15. The van der Waals surface area contributed by atoms with Crippen LogP contribution in [0.3, 0.4) is 0 Å². The molecule has 13 aromatic rings. The Morgan fingerprint density at radius 2 is 0.833 bits per heavy atom. The van der Waals surface area contributed by atoms with Crippen molar-refractivity contribution >= 4 is 109 Å². The van der Waals surface area contributed by atoms with Crippen molar-refractivity contribution in [1.82, 2.24) is 97.9 Å². The van der Waals surface area contributed by atoms with E-state index in [-0.39, 0.29) is 91.3 Å². The quantitative estimate of drug-likeness (QED) is 0.0900. The highest BCUT2D eigenvalue weighted by Crippen LogP contribution is 2.37. The van der Waals surface area contributed by atoms with Gasteiger partial charge in [0.25, 0.3) is 0 Å². The number of rotatable bonds is 15. The van der Waals surface area contributed by atoms with E-state index in [1.807, 2.05) is 173 Å². The fourth-order valence-corrected chi connectivity index (χ4v) is 15.1. The fraction of sp³-hybridized carbons (Fsp3) is 0.286. The van der Waals surface area contributed by atoms with Gasteiger partial charge in [-0.1, -0.05) is 168 Å².